The van der Waals surface area contributed by atoms with Gasteiger partial charge in [-0.1, -0.05) is 48.5 Å². The SMILES string of the molecule is CCN(C(=O)c1ccccc1)C(=O)[C@@H]1CC[C@H]2CN1C(=O)N2OCc1ccccc1. The third-order valence-corrected chi connectivity index (χ3v) is 5.67. The second-order valence-corrected chi connectivity index (χ2v) is 7.52. The molecule has 2 heterocycles. The minimum atomic E-state index is -0.647. The first-order chi connectivity index (χ1) is 14.6. The lowest BCUT2D eigenvalue weighted by molar-refractivity contribution is -0.140. The minimum Gasteiger partial charge on any atom is -0.309 e. The van der Waals surface area contributed by atoms with Gasteiger partial charge in [0.15, 0.2) is 0 Å². The highest BCUT2D eigenvalue weighted by molar-refractivity contribution is 6.06. The highest BCUT2D eigenvalue weighted by Crippen LogP contribution is 2.31. The van der Waals surface area contributed by atoms with Gasteiger partial charge in [-0.3, -0.25) is 19.3 Å². The van der Waals surface area contributed by atoms with Gasteiger partial charge in [-0.15, -0.1) is 0 Å². The van der Waals surface area contributed by atoms with Gasteiger partial charge in [0.05, 0.1) is 6.04 Å². The minimum absolute atomic E-state index is 0.0786. The molecule has 0 saturated carbocycles. The zero-order valence-electron chi connectivity index (χ0n) is 16.9. The number of likely N-dealkylation sites (N-methyl/N-ethyl adjacent to an activating group) is 1. The molecule has 7 heteroatoms. The summed E-state index contributed by atoms with van der Waals surface area (Å²) < 4.78 is 0. The third kappa shape index (κ3) is 3.80. The van der Waals surface area contributed by atoms with Crippen LogP contribution < -0.4 is 0 Å². The second-order valence-electron chi connectivity index (χ2n) is 7.52. The predicted molar refractivity (Wildman–Crippen MR) is 110 cm³/mol. The lowest BCUT2D eigenvalue weighted by Gasteiger charge is -2.32. The Morgan fingerprint density at radius 1 is 1.03 bits per heavy atom. The predicted octanol–water partition coefficient (Wildman–Crippen LogP) is 3.08. The molecule has 2 bridgehead atoms. The molecule has 2 fully saturated rings. The largest absolute Gasteiger partial charge is 0.345 e. The highest BCUT2D eigenvalue weighted by atomic mass is 16.7. The standard InChI is InChI=1S/C23H25N3O4/c1-2-24(21(27)18-11-7-4-8-12-18)22(28)20-14-13-19-15-25(20)23(29)26(19)30-16-17-9-5-3-6-10-17/h3-12,19-20H,2,13-16H2,1H3/t19-,20-/m0/s1. The van der Waals surface area contributed by atoms with Crippen LogP contribution in [0.1, 0.15) is 35.7 Å². The molecule has 0 aliphatic carbocycles. The van der Waals surface area contributed by atoms with Gasteiger partial charge < -0.3 is 4.90 Å². The number of urea groups is 1. The first kappa shape index (κ1) is 20.1. The fourth-order valence-electron chi connectivity index (χ4n) is 4.09. The molecule has 0 aromatic heterocycles. The van der Waals surface area contributed by atoms with Gasteiger partial charge in [0.2, 0.25) is 0 Å². The smallest absolute Gasteiger partial charge is 0.309 e. The molecule has 2 saturated heterocycles. The normalized spacial score (nSPS) is 20.4. The summed E-state index contributed by atoms with van der Waals surface area (Å²) in [6.45, 7) is 2.75. The number of piperidine rings is 1. The number of fused-ring (bicyclic) bond motifs is 2. The molecule has 4 amide bonds. The molecule has 2 aromatic rings. The lowest BCUT2D eigenvalue weighted by Crippen LogP contribution is -2.52. The molecule has 7 nitrogen and oxygen atoms in total. The van der Waals surface area contributed by atoms with E-state index in [1.165, 1.54) is 9.96 Å². The number of nitrogens with zero attached hydrogens (tertiary/aromatic N) is 3. The van der Waals surface area contributed by atoms with E-state index in [9.17, 15) is 14.4 Å². The maximum absolute atomic E-state index is 13.2. The van der Waals surface area contributed by atoms with Crippen molar-refractivity contribution in [3.05, 3.63) is 71.8 Å². The molecule has 2 aliphatic rings. The average molecular weight is 407 g/mol. The molecule has 2 aliphatic heterocycles. The lowest BCUT2D eigenvalue weighted by atomic mass is 9.99. The van der Waals surface area contributed by atoms with Crippen LogP contribution in [0.2, 0.25) is 0 Å². The van der Waals surface area contributed by atoms with Crippen molar-refractivity contribution in [1.29, 1.82) is 0 Å². The van der Waals surface area contributed by atoms with Crippen LogP contribution in [0.4, 0.5) is 4.79 Å². The molecule has 30 heavy (non-hydrogen) atoms. The van der Waals surface area contributed by atoms with E-state index >= 15 is 0 Å². The van der Waals surface area contributed by atoms with Crippen LogP contribution in [-0.4, -0.2) is 57.9 Å². The number of amides is 4. The van der Waals surface area contributed by atoms with Gasteiger partial charge in [0.1, 0.15) is 12.6 Å². The van der Waals surface area contributed by atoms with Gasteiger partial charge in [-0.25, -0.2) is 4.79 Å². The second kappa shape index (κ2) is 8.67. The van der Waals surface area contributed by atoms with Crippen LogP contribution in [-0.2, 0) is 16.2 Å². The summed E-state index contributed by atoms with van der Waals surface area (Å²) in [6.07, 6.45) is 1.17. The van der Waals surface area contributed by atoms with Crippen molar-refractivity contribution in [3.8, 4) is 0 Å². The molecule has 2 aromatic carbocycles. The van der Waals surface area contributed by atoms with Gasteiger partial charge in [0, 0.05) is 18.7 Å². The molecule has 0 radical (unpaired) electrons. The van der Waals surface area contributed by atoms with E-state index in [1.54, 1.807) is 36.1 Å². The highest BCUT2D eigenvalue weighted by Gasteiger charge is 2.49. The Morgan fingerprint density at radius 3 is 2.37 bits per heavy atom. The zero-order valence-corrected chi connectivity index (χ0v) is 16.9. The summed E-state index contributed by atoms with van der Waals surface area (Å²) in [4.78, 5) is 47.6. The molecule has 4 rings (SSSR count). The summed E-state index contributed by atoms with van der Waals surface area (Å²) in [7, 11) is 0. The van der Waals surface area contributed by atoms with E-state index in [0.29, 0.717) is 31.6 Å². The molecular weight excluding hydrogens is 382 g/mol. The summed E-state index contributed by atoms with van der Waals surface area (Å²) in [5.74, 6) is -0.669. The van der Waals surface area contributed by atoms with Crippen LogP contribution in [0.5, 0.6) is 0 Å². The van der Waals surface area contributed by atoms with E-state index in [0.717, 1.165) is 5.56 Å². The number of hydrogen-bond acceptors (Lipinski definition) is 4. The third-order valence-electron chi connectivity index (χ3n) is 5.67. The van der Waals surface area contributed by atoms with Gasteiger partial charge >= 0.3 is 6.03 Å². The van der Waals surface area contributed by atoms with E-state index < -0.39 is 6.04 Å². The van der Waals surface area contributed by atoms with E-state index in [1.807, 2.05) is 36.4 Å². The van der Waals surface area contributed by atoms with Crippen molar-refractivity contribution in [1.82, 2.24) is 14.9 Å². The molecule has 2 atom stereocenters. The number of rotatable bonds is 6. The number of hydrogen-bond donors (Lipinski definition) is 0. The molecular formula is C23H25N3O4. The Bertz CT molecular complexity index is 919. The van der Waals surface area contributed by atoms with Crippen molar-refractivity contribution < 1.29 is 19.2 Å². The van der Waals surface area contributed by atoms with E-state index in [4.69, 9.17) is 4.84 Å². The average Bonchev–Trinajstić information content (AvgIpc) is 3.03. The van der Waals surface area contributed by atoms with Crippen molar-refractivity contribution in [2.75, 3.05) is 13.1 Å². The maximum atomic E-state index is 13.2. The number of benzene rings is 2. The van der Waals surface area contributed by atoms with Crippen molar-refractivity contribution in [2.45, 2.75) is 38.5 Å². The Balaban J connectivity index is 1.45. The summed E-state index contributed by atoms with van der Waals surface area (Å²) in [5.41, 5.74) is 1.43. The number of hydroxylamine groups is 2. The maximum Gasteiger partial charge on any atom is 0.345 e. The van der Waals surface area contributed by atoms with Gasteiger partial charge in [-0.2, -0.15) is 5.06 Å². The first-order valence-corrected chi connectivity index (χ1v) is 10.3. The first-order valence-electron chi connectivity index (χ1n) is 10.3. The van der Waals surface area contributed by atoms with E-state index in [2.05, 4.69) is 0 Å². The summed E-state index contributed by atoms with van der Waals surface area (Å²) in [5, 5.41) is 1.40. The molecule has 0 unspecified atom stereocenters. The number of carbonyl (C=O) groups is 3. The van der Waals surface area contributed by atoms with Crippen LogP contribution in [0.25, 0.3) is 0 Å². The molecule has 0 spiro atoms. The quantitative estimate of drug-likeness (QED) is 0.690. The fraction of sp³-hybridized carbons (Fsp3) is 0.348. The van der Waals surface area contributed by atoms with Crippen LogP contribution in [0.3, 0.4) is 0 Å². The molecule has 0 N–H and O–H groups in total. The van der Waals surface area contributed by atoms with Crippen LogP contribution in [0.15, 0.2) is 60.7 Å². The number of imide groups is 1. The topological polar surface area (TPSA) is 70.2 Å². The molecule has 156 valence electrons. The summed E-state index contributed by atoms with van der Waals surface area (Å²) >= 11 is 0. The Kier molecular flexibility index (Phi) is 5.81. The zero-order chi connectivity index (χ0) is 21.1. The van der Waals surface area contributed by atoms with Crippen molar-refractivity contribution in [3.63, 3.8) is 0 Å². The van der Waals surface area contributed by atoms with Gasteiger partial charge in [0.25, 0.3) is 11.8 Å². The van der Waals surface area contributed by atoms with Crippen LogP contribution in [0, 0.1) is 0 Å². The van der Waals surface area contributed by atoms with Gasteiger partial charge in [-0.05, 0) is 37.5 Å². The van der Waals surface area contributed by atoms with Crippen molar-refractivity contribution in [2.24, 2.45) is 0 Å². The Labute approximate surface area is 175 Å². The van der Waals surface area contributed by atoms with Crippen LogP contribution >= 0.6 is 0 Å². The number of carbonyl (C=O) groups excluding carboxylic acids is 3. The summed E-state index contributed by atoms with van der Waals surface area (Å²) in [6, 6.07) is 17.3. The fourth-order valence-corrected chi connectivity index (χ4v) is 4.09. The van der Waals surface area contributed by atoms with Crippen molar-refractivity contribution >= 4 is 17.8 Å². The Hall–Kier alpha value is -3.19. The van der Waals surface area contributed by atoms with E-state index in [-0.39, 0.29) is 30.4 Å². The monoisotopic (exact) mass is 407 g/mol. The Morgan fingerprint density at radius 2 is 1.70 bits per heavy atom.